The number of Topliss-reactive ketones (excluding diaryl/α,β-unsaturated/α-hetero) is 1. The molecule has 0 amide bonds. The molecule has 6 heteroatoms. The minimum atomic E-state index is -0.451. The normalized spacial score (nSPS) is 13.7. The van der Waals surface area contributed by atoms with E-state index >= 15 is 0 Å². The van der Waals surface area contributed by atoms with E-state index in [1.807, 2.05) is 43.5 Å². The molecule has 35 heavy (non-hydrogen) atoms. The molecule has 176 valence electrons. The van der Waals surface area contributed by atoms with Gasteiger partial charge in [-0.3, -0.25) is 4.79 Å². The second-order valence-electron chi connectivity index (χ2n) is 8.46. The molecule has 1 aromatic heterocycles. The van der Waals surface area contributed by atoms with Crippen molar-refractivity contribution in [1.82, 2.24) is 4.57 Å². The molecular weight excluding hydrogens is 442 g/mol. The van der Waals surface area contributed by atoms with Crippen LogP contribution in [-0.2, 0) is 6.54 Å². The topological polar surface area (TPSA) is 66.8 Å². The van der Waals surface area contributed by atoms with E-state index in [-0.39, 0.29) is 11.5 Å². The Kier molecular flexibility index (Phi) is 5.65. The molecule has 6 nitrogen and oxygen atoms in total. The highest BCUT2D eigenvalue weighted by molar-refractivity contribution is 6.15. The number of rotatable bonds is 5. The van der Waals surface area contributed by atoms with Gasteiger partial charge >= 0.3 is 5.97 Å². The summed E-state index contributed by atoms with van der Waals surface area (Å²) in [7, 11) is 1.63. The lowest BCUT2D eigenvalue weighted by atomic mass is 10.1. The van der Waals surface area contributed by atoms with Crippen molar-refractivity contribution in [2.75, 3.05) is 7.11 Å². The summed E-state index contributed by atoms with van der Waals surface area (Å²) < 4.78 is 19.2. The van der Waals surface area contributed by atoms with Crippen LogP contribution in [0.1, 0.15) is 44.3 Å². The second kappa shape index (κ2) is 8.80. The Bertz CT molecular complexity index is 1530. The van der Waals surface area contributed by atoms with Gasteiger partial charge in [0.25, 0.3) is 0 Å². The molecule has 0 unspecified atom stereocenters. The number of methoxy groups -OCH3 is 1. The monoisotopic (exact) mass is 467 g/mol. The number of allylic oxidation sites excluding steroid dienone is 1. The number of nitrogens with zero attached hydrogens (tertiary/aromatic N) is 1. The van der Waals surface area contributed by atoms with Crippen LogP contribution in [0.3, 0.4) is 0 Å². The molecule has 4 aromatic rings. The maximum Gasteiger partial charge on any atom is 0.343 e. The minimum absolute atomic E-state index is 0.208. The number of aryl methyl sites for hydroxylation is 2. The molecule has 3 aromatic carbocycles. The third-order valence-corrected chi connectivity index (χ3v) is 6.35. The quantitative estimate of drug-likeness (QED) is 0.201. The highest BCUT2D eigenvalue weighted by Gasteiger charge is 2.31. The summed E-state index contributed by atoms with van der Waals surface area (Å²) in [6.45, 7) is 6.49. The number of esters is 1. The number of hydrogen-bond acceptors (Lipinski definition) is 5. The molecule has 0 bridgehead atoms. The van der Waals surface area contributed by atoms with Crippen LogP contribution >= 0.6 is 0 Å². The van der Waals surface area contributed by atoms with Gasteiger partial charge < -0.3 is 18.8 Å². The highest BCUT2D eigenvalue weighted by atomic mass is 16.5. The first kappa shape index (κ1) is 22.5. The van der Waals surface area contributed by atoms with Crippen LogP contribution in [0.5, 0.6) is 17.2 Å². The second-order valence-corrected chi connectivity index (χ2v) is 8.46. The molecule has 0 aliphatic carbocycles. The summed E-state index contributed by atoms with van der Waals surface area (Å²) in [5.74, 6) is 1.08. The van der Waals surface area contributed by atoms with Crippen molar-refractivity contribution >= 4 is 28.7 Å². The number of hydrogen-bond donors (Lipinski definition) is 0. The predicted molar refractivity (Wildman–Crippen MR) is 134 cm³/mol. The number of ketones is 1. The van der Waals surface area contributed by atoms with E-state index < -0.39 is 5.97 Å². The van der Waals surface area contributed by atoms with Crippen LogP contribution in [0.2, 0.25) is 0 Å². The van der Waals surface area contributed by atoms with Crippen LogP contribution in [-0.4, -0.2) is 23.4 Å². The Labute approximate surface area is 203 Å². The Morgan fingerprint density at radius 3 is 2.63 bits per heavy atom. The van der Waals surface area contributed by atoms with E-state index in [0.717, 1.165) is 34.3 Å². The van der Waals surface area contributed by atoms with Gasteiger partial charge in [-0.1, -0.05) is 18.2 Å². The molecule has 0 radical (unpaired) electrons. The van der Waals surface area contributed by atoms with Gasteiger partial charge in [-0.2, -0.15) is 0 Å². The van der Waals surface area contributed by atoms with Gasteiger partial charge in [0.1, 0.15) is 17.2 Å². The van der Waals surface area contributed by atoms with Gasteiger partial charge in [0.15, 0.2) is 5.76 Å². The predicted octanol–water partition coefficient (Wildman–Crippen LogP) is 6.12. The lowest BCUT2D eigenvalue weighted by Crippen LogP contribution is -2.11. The molecule has 0 N–H and O–H groups in total. The van der Waals surface area contributed by atoms with Crippen molar-refractivity contribution in [3.05, 3.63) is 94.4 Å². The average Bonchev–Trinajstić information content (AvgIpc) is 3.38. The maximum absolute atomic E-state index is 13.2. The van der Waals surface area contributed by atoms with E-state index in [0.29, 0.717) is 28.2 Å². The van der Waals surface area contributed by atoms with E-state index in [1.54, 1.807) is 44.4 Å². The number of benzene rings is 3. The van der Waals surface area contributed by atoms with Gasteiger partial charge in [0.2, 0.25) is 5.78 Å². The summed E-state index contributed by atoms with van der Waals surface area (Å²) in [6, 6.07) is 16.4. The summed E-state index contributed by atoms with van der Waals surface area (Å²) in [4.78, 5) is 25.9. The number of carbonyl (C=O) groups excluding carboxylic acids is 2. The zero-order chi connectivity index (χ0) is 24.7. The van der Waals surface area contributed by atoms with E-state index in [1.165, 1.54) is 0 Å². The van der Waals surface area contributed by atoms with Crippen molar-refractivity contribution in [2.45, 2.75) is 27.3 Å². The largest absolute Gasteiger partial charge is 0.497 e. The lowest BCUT2D eigenvalue weighted by Gasteiger charge is -2.11. The first-order valence-corrected chi connectivity index (χ1v) is 11.4. The molecule has 2 heterocycles. The molecule has 5 rings (SSSR count). The zero-order valence-corrected chi connectivity index (χ0v) is 20.0. The fourth-order valence-corrected chi connectivity index (χ4v) is 4.38. The number of ether oxygens (including phenoxy) is 3. The van der Waals surface area contributed by atoms with Gasteiger partial charge in [-0.05, 0) is 68.8 Å². The Morgan fingerprint density at radius 2 is 1.89 bits per heavy atom. The first-order chi connectivity index (χ1) is 16.9. The van der Waals surface area contributed by atoms with Gasteiger partial charge in [0, 0.05) is 34.8 Å². The van der Waals surface area contributed by atoms with Crippen molar-refractivity contribution in [3.63, 3.8) is 0 Å². The molecule has 1 aliphatic heterocycles. The number of aromatic nitrogens is 1. The van der Waals surface area contributed by atoms with Crippen molar-refractivity contribution in [2.24, 2.45) is 0 Å². The lowest BCUT2D eigenvalue weighted by molar-refractivity contribution is 0.0732. The molecule has 0 saturated heterocycles. The van der Waals surface area contributed by atoms with Crippen LogP contribution in [0.4, 0.5) is 0 Å². The molecule has 0 spiro atoms. The van der Waals surface area contributed by atoms with Crippen molar-refractivity contribution in [3.8, 4) is 17.2 Å². The van der Waals surface area contributed by atoms with Crippen molar-refractivity contribution < 1.29 is 23.8 Å². The first-order valence-electron chi connectivity index (χ1n) is 11.4. The third kappa shape index (κ3) is 3.87. The summed E-state index contributed by atoms with van der Waals surface area (Å²) in [5.41, 5.74) is 4.27. The van der Waals surface area contributed by atoms with Gasteiger partial charge in [-0.25, -0.2) is 4.79 Å². The van der Waals surface area contributed by atoms with Gasteiger partial charge in [0.05, 0.1) is 18.2 Å². The Hall–Kier alpha value is -4.32. The smallest absolute Gasteiger partial charge is 0.343 e. The summed E-state index contributed by atoms with van der Waals surface area (Å²) in [6.07, 6.45) is 3.76. The molecule has 0 atom stereocenters. The van der Waals surface area contributed by atoms with Crippen LogP contribution in [0, 0.1) is 13.8 Å². The Balaban J connectivity index is 1.49. The fourth-order valence-electron chi connectivity index (χ4n) is 4.38. The Morgan fingerprint density at radius 1 is 1.09 bits per heavy atom. The summed E-state index contributed by atoms with van der Waals surface area (Å²) >= 11 is 0. The SMILES string of the molecule is CCn1cc(C=C2Oc3c(ccc(OC(=O)c4ccccc4C)c3C)C2=O)c2cc(OC)ccc21. The average molecular weight is 468 g/mol. The van der Waals surface area contributed by atoms with Crippen molar-refractivity contribution in [1.29, 1.82) is 0 Å². The zero-order valence-electron chi connectivity index (χ0n) is 20.0. The van der Waals surface area contributed by atoms with E-state index in [2.05, 4.69) is 11.5 Å². The van der Waals surface area contributed by atoms with E-state index in [9.17, 15) is 9.59 Å². The third-order valence-electron chi connectivity index (χ3n) is 6.35. The number of carbonyl (C=O) groups is 2. The maximum atomic E-state index is 13.2. The van der Waals surface area contributed by atoms with Gasteiger partial charge in [-0.15, -0.1) is 0 Å². The summed E-state index contributed by atoms with van der Waals surface area (Å²) in [5, 5.41) is 0.968. The highest BCUT2D eigenvalue weighted by Crippen LogP contribution is 2.40. The van der Waals surface area contributed by atoms with E-state index in [4.69, 9.17) is 14.2 Å². The molecule has 1 aliphatic rings. The fraction of sp³-hybridized carbons (Fsp3) is 0.172. The van der Waals surface area contributed by atoms with Crippen LogP contribution in [0.25, 0.3) is 17.0 Å². The molecular formula is C29H25NO5. The van der Waals surface area contributed by atoms with Crippen LogP contribution in [0.15, 0.2) is 66.6 Å². The van der Waals surface area contributed by atoms with Crippen LogP contribution < -0.4 is 14.2 Å². The molecule has 0 saturated carbocycles. The minimum Gasteiger partial charge on any atom is -0.497 e. The standard InChI is InChI=1S/C29H25NO5/c1-5-30-16-19(23-15-20(33-4)10-12-24(23)30)14-26-27(31)22-11-13-25(18(3)28(22)34-26)35-29(32)21-9-7-6-8-17(21)2/h6-16H,5H2,1-4H3. The number of fused-ring (bicyclic) bond motifs is 2. The molecule has 0 fully saturated rings.